The van der Waals surface area contributed by atoms with Crippen LogP contribution in [0.1, 0.15) is 43.7 Å². The molecule has 1 saturated carbocycles. The summed E-state index contributed by atoms with van der Waals surface area (Å²) in [6.45, 7) is 0.311. The molecular weight excluding hydrogens is 368 g/mol. The molecule has 6 heteroatoms. The first-order chi connectivity index (χ1) is 12.5. The van der Waals surface area contributed by atoms with E-state index in [1.807, 2.05) is 30.3 Å². The Labute approximate surface area is 161 Å². The molecule has 0 saturated heterocycles. The van der Waals surface area contributed by atoms with E-state index in [1.165, 1.54) is 31.4 Å². The number of hydrogen-bond donors (Lipinski definition) is 2. The second-order valence-corrected chi connectivity index (χ2v) is 8.97. The summed E-state index contributed by atoms with van der Waals surface area (Å²) in [6, 6.07) is 16.6. The summed E-state index contributed by atoms with van der Waals surface area (Å²) in [7, 11) is -3.57. The van der Waals surface area contributed by atoms with Crippen molar-refractivity contribution in [3.63, 3.8) is 0 Å². The average molecular weight is 393 g/mol. The molecule has 1 atom stereocenters. The van der Waals surface area contributed by atoms with Gasteiger partial charge in [0.25, 0.3) is 0 Å². The summed E-state index contributed by atoms with van der Waals surface area (Å²) in [5.41, 5.74) is 1.09. The van der Waals surface area contributed by atoms with Gasteiger partial charge in [-0.2, -0.15) is 0 Å². The Morgan fingerprint density at radius 1 is 0.962 bits per heavy atom. The van der Waals surface area contributed by atoms with E-state index in [0.717, 1.165) is 18.4 Å². The normalized spacial score (nSPS) is 17.1. The summed E-state index contributed by atoms with van der Waals surface area (Å²) in [5, 5.41) is 4.18. The SMILES string of the molecule is O=S(=O)(NC[C@@H](NC1CCCCC1)c1ccccc1)c1ccc(Cl)cc1. The van der Waals surface area contributed by atoms with Crippen molar-refractivity contribution in [1.29, 1.82) is 0 Å². The van der Waals surface area contributed by atoms with Crippen LogP contribution in [0.2, 0.25) is 5.02 Å². The van der Waals surface area contributed by atoms with Crippen molar-refractivity contribution < 1.29 is 8.42 Å². The van der Waals surface area contributed by atoms with Gasteiger partial charge in [-0.15, -0.1) is 0 Å². The Morgan fingerprint density at radius 3 is 2.27 bits per heavy atom. The molecule has 0 aliphatic heterocycles. The van der Waals surface area contributed by atoms with Gasteiger partial charge in [-0.05, 0) is 42.7 Å². The van der Waals surface area contributed by atoms with Crippen LogP contribution in [0.15, 0.2) is 59.5 Å². The van der Waals surface area contributed by atoms with Crippen molar-refractivity contribution >= 4 is 21.6 Å². The molecule has 2 N–H and O–H groups in total. The average Bonchev–Trinajstić information content (AvgIpc) is 2.67. The van der Waals surface area contributed by atoms with Crippen LogP contribution in [0.5, 0.6) is 0 Å². The van der Waals surface area contributed by atoms with Crippen molar-refractivity contribution in [1.82, 2.24) is 10.0 Å². The van der Waals surface area contributed by atoms with Crippen molar-refractivity contribution in [3.05, 3.63) is 65.2 Å². The van der Waals surface area contributed by atoms with E-state index in [2.05, 4.69) is 10.0 Å². The summed E-state index contributed by atoms with van der Waals surface area (Å²) in [5.74, 6) is 0. The van der Waals surface area contributed by atoms with Crippen molar-refractivity contribution in [2.24, 2.45) is 0 Å². The fourth-order valence-electron chi connectivity index (χ4n) is 3.40. The molecule has 1 aliphatic rings. The van der Waals surface area contributed by atoms with Gasteiger partial charge in [0.15, 0.2) is 0 Å². The lowest BCUT2D eigenvalue weighted by Gasteiger charge is -2.29. The Hall–Kier alpha value is -1.40. The number of benzene rings is 2. The lowest BCUT2D eigenvalue weighted by Crippen LogP contribution is -2.40. The highest BCUT2D eigenvalue weighted by molar-refractivity contribution is 7.89. The molecule has 2 aromatic rings. The van der Waals surface area contributed by atoms with Crippen LogP contribution in [0.3, 0.4) is 0 Å². The molecule has 0 heterocycles. The monoisotopic (exact) mass is 392 g/mol. The second kappa shape index (κ2) is 9.00. The van der Waals surface area contributed by atoms with Gasteiger partial charge in [-0.25, -0.2) is 13.1 Å². The highest BCUT2D eigenvalue weighted by Crippen LogP contribution is 2.22. The van der Waals surface area contributed by atoms with E-state index in [0.29, 0.717) is 17.6 Å². The van der Waals surface area contributed by atoms with E-state index in [1.54, 1.807) is 12.1 Å². The largest absolute Gasteiger partial charge is 0.306 e. The molecule has 1 aliphatic carbocycles. The molecule has 26 heavy (non-hydrogen) atoms. The lowest BCUT2D eigenvalue weighted by molar-refractivity contribution is 0.337. The zero-order valence-corrected chi connectivity index (χ0v) is 16.3. The van der Waals surface area contributed by atoms with Gasteiger partial charge in [0.1, 0.15) is 0 Å². The van der Waals surface area contributed by atoms with Crippen LogP contribution >= 0.6 is 11.6 Å². The van der Waals surface area contributed by atoms with Gasteiger partial charge < -0.3 is 5.32 Å². The first-order valence-electron chi connectivity index (χ1n) is 9.11. The molecular formula is C20H25ClN2O2S. The molecule has 0 spiro atoms. The Bertz CT molecular complexity index is 788. The van der Waals surface area contributed by atoms with Gasteiger partial charge in [0, 0.05) is 23.7 Å². The summed E-state index contributed by atoms with van der Waals surface area (Å²) in [4.78, 5) is 0.228. The number of hydrogen-bond acceptors (Lipinski definition) is 3. The highest BCUT2D eigenvalue weighted by atomic mass is 35.5. The fraction of sp³-hybridized carbons (Fsp3) is 0.400. The molecule has 0 unspecified atom stereocenters. The van der Waals surface area contributed by atoms with Gasteiger partial charge in [-0.3, -0.25) is 0 Å². The molecule has 3 rings (SSSR count). The van der Waals surface area contributed by atoms with Crippen LogP contribution in [-0.4, -0.2) is 21.0 Å². The predicted molar refractivity (Wildman–Crippen MR) is 106 cm³/mol. The van der Waals surface area contributed by atoms with Gasteiger partial charge in [-0.1, -0.05) is 61.2 Å². The Morgan fingerprint density at radius 2 is 1.62 bits per heavy atom. The smallest absolute Gasteiger partial charge is 0.240 e. The maximum absolute atomic E-state index is 12.6. The third kappa shape index (κ3) is 5.30. The number of nitrogens with one attached hydrogen (secondary N) is 2. The van der Waals surface area contributed by atoms with E-state index in [4.69, 9.17) is 11.6 Å². The van der Waals surface area contributed by atoms with Crippen LogP contribution < -0.4 is 10.0 Å². The van der Waals surface area contributed by atoms with Crippen LogP contribution in [0.25, 0.3) is 0 Å². The first kappa shape index (κ1) is 19.4. The van der Waals surface area contributed by atoms with Crippen molar-refractivity contribution in [3.8, 4) is 0 Å². The van der Waals surface area contributed by atoms with Crippen molar-refractivity contribution in [2.45, 2.75) is 49.1 Å². The van der Waals surface area contributed by atoms with Crippen LogP contribution in [0.4, 0.5) is 0 Å². The standard InChI is InChI=1S/C20H25ClN2O2S/c21-17-11-13-19(14-12-17)26(24,25)22-15-20(16-7-3-1-4-8-16)23-18-9-5-2-6-10-18/h1,3-4,7-8,11-14,18,20,22-23H,2,5-6,9-10,15H2/t20-/m1/s1. The number of sulfonamides is 1. The van der Waals surface area contributed by atoms with E-state index in [-0.39, 0.29) is 10.9 Å². The highest BCUT2D eigenvalue weighted by Gasteiger charge is 2.22. The molecule has 4 nitrogen and oxygen atoms in total. The maximum atomic E-state index is 12.6. The topological polar surface area (TPSA) is 58.2 Å². The molecule has 140 valence electrons. The molecule has 2 aromatic carbocycles. The van der Waals surface area contributed by atoms with E-state index in [9.17, 15) is 8.42 Å². The second-order valence-electron chi connectivity index (χ2n) is 6.77. The predicted octanol–water partition coefficient (Wildman–Crippen LogP) is 4.28. The summed E-state index contributed by atoms with van der Waals surface area (Å²) < 4.78 is 27.9. The first-order valence-corrected chi connectivity index (χ1v) is 11.0. The van der Waals surface area contributed by atoms with E-state index < -0.39 is 10.0 Å². The third-order valence-corrected chi connectivity index (χ3v) is 6.54. The fourth-order valence-corrected chi connectivity index (χ4v) is 4.58. The Kier molecular flexibility index (Phi) is 6.70. The third-order valence-electron chi connectivity index (χ3n) is 4.85. The molecule has 1 fully saturated rings. The minimum absolute atomic E-state index is 0.0543. The minimum Gasteiger partial charge on any atom is -0.306 e. The maximum Gasteiger partial charge on any atom is 0.240 e. The molecule has 0 aromatic heterocycles. The summed E-state index contributed by atoms with van der Waals surface area (Å²) in [6.07, 6.45) is 6.04. The van der Waals surface area contributed by atoms with Crippen LogP contribution in [0, 0.1) is 0 Å². The zero-order valence-electron chi connectivity index (χ0n) is 14.7. The lowest BCUT2D eigenvalue weighted by atomic mass is 9.94. The molecule has 0 radical (unpaired) electrons. The van der Waals surface area contributed by atoms with Crippen molar-refractivity contribution in [2.75, 3.05) is 6.54 Å². The molecule has 0 bridgehead atoms. The van der Waals surface area contributed by atoms with Gasteiger partial charge in [0.05, 0.1) is 4.90 Å². The molecule has 0 amide bonds. The Balaban J connectivity index is 1.71. The summed E-state index contributed by atoms with van der Waals surface area (Å²) >= 11 is 5.85. The number of halogens is 1. The van der Waals surface area contributed by atoms with Crippen LogP contribution in [-0.2, 0) is 10.0 Å². The number of rotatable bonds is 7. The minimum atomic E-state index is -3.57. The van der Waals surface area contributed by atoms with Gasteiger partial charge in [0.2, 0.25) is 10.0 Å². The van der Waals surface area contributed by atoms with Gasteiger partial charge >= 0.3 is 0 Å². The zero-order chi connectivity index (χ0) is 18.4. The quantitative estimate of drug-likeness (QED) is 0.739. The van der Waals surface area contributed by atoms with E-state index >= 15 is 0 Å².